The van der Waals surface area contributed by atoms with Gasteiger partial charge >= 0.3 is 0 Å². The quantitative estimate of drug-likeness (QED) is 0.754. The first kappa shape index (κ1) is 17.2. The second-order valence-corrected chi connectivity index (χ2v) is 6.99. The molecule has 0 aromatic heterocycles. The van der Waals surface area contributed by atoms with Crippen LogP contribution in [0, 0.1) is 5.92 Å². The van der Waals surface area contributed by atoms with Crippen molar-refractivity contribution in [1.82, 2.24) is 4.90 Å². The van der Waals surface area contributed by atoms with Gasteiger partial charge in [-0.1, -0.05) is 73.5 Å². The normalized spacial score (nSPS) is 16.6. The molecule has 0 bridgehead atoms. The SMILES string of the molecule is NCCCCC1CCN(C(c2ccccc2)c2ccccc2)CC1. The summed E-state index contributed by atoms with van der Waals surface area (Å²) in [4.78, 5) is 2.67. The van der Waals surface area contributed by atoms with Crippen molar-refractivity contribution in [2.24, 2.45) is 11.7 Å². The van der Waals surface area contributed by atoms with Crippen LogP contribution in [0.25, 0.3) is 0 Å². The van der Waals surface area contributed by atoms with E-state index < -0.39 is 0 Å². The van der Waals surface area contributed by atoms with Gasteiger partial charge in [-0.05, 0) is 55.9 Å². The predicted molar refractivity (Wildman–Crippen MR) is 102 cm³/mol. The number of hydrogen-bond acceptors (Lipinski definition) is 2. The molecule has 1 heterocycles. The average molecular weight is 322 g/mol. The molecule has 0 spiro atoms. The molecule has 2 aromatic rings. The third-order valence-corrected chi connectivity index (χ3v) is 5.31. The van der Waals surface area contributed by atoms with Gasteiger partial charge in [-0.2, -0.15) is 0 Å². The minimum absolute atomic E-state index is 0.386. The third-order valence-electron chi connectivity index (χ3n) is 5.31. The molecule has 1 fully saturated rings. The molecule has 0 saturated carbocycles. The lowest BCUT2D eigenvalue weighted by molar-refractivity contribution is 0.146. The lowest BCUT2D eigenvalue weighted by Gasteiger charge is -2.38. The van der Waals surface area contributed by atoms with E-state index in [2.05, 4.69) is 65.6 Å². The molecule has 1 aliphatic heterocycles. The topological polar surface area (TPSA) is 29.3 Å². The minimum Gasteiger partial charge on any atom is -0.330 e. The summed E-state index contributed by atoms with van der Waals surface area (Å²) < 4.78 is 0. The van der Waals surface area contributed by atoms with Gasteiger partial charge in [0.15, 0.2) is 0 Å². The van der Waals surface area contributed by atoms with Crippen molar-refractivity contribution in [3.63, 3.8) is 0 Å². The Morgan fingerprint density at radius 1 is 0.833 bits per heavy atom. The van der Waals surface area contributed by atoms with Crippen molar-refractivity contribution >= 4 is 0 Å². The highest BCUT2D eigenvalue weighted by atomic mass is 15.2. The standard InChI is InChI=1S/C22H30N2/c23-16-8-7-9-19-14-17-24(18-15-19)22(20-10-3-1-4-11-20)21-12-5-2-6-13-21/h1-6,10-13,19,22H,7-9,14-18,23H2. The number of unbranched alkanes of at least 4 members (excludes halogenated alkanes) is 1. The van der Waals surface area contributed by atoms with Gasteiger partial charge in [-0.3, -0.25) is 4.90 Å². The highest BCUT2D eigenvalue weighted by Gasteiger charge is 2.26. The van der Waals surface area contributed by atoms with Gasteiger partial charge in [0, 0.05) is 0 Å². The van der Waals surface area contributed by atoms with Crippen LogP contribution in [0.3, 0.4) is 0 Å². The van der Waals surface area contributed by atoms with E-state index in [4.69, 9.17) is 5.73 Å². The van der Waals surface area contributed by atoms with E-state index in [0.29, 0.717) is 6.04 Å². The molecule has 2 heteroatoms. The van der Waals surface area contributed by atoms with E-state index in [9.17, 15) is 0 Å². The average Bonchev–Trinajstić information content (AvgIpc) is 2.65. The second-order valence-electron chi connectivity index (χ2n) is 6.99. The molecule has 0 unspecified atom stereocenters. The highest BCUT2D eigenvalue weighted by molar-refractivity contribution is 5.31. The first-order valence-corrected chi connectivity index (χ1v) is 9.42. The number of nitrogens with two attached hydrogens (primary N) is 1. The van der Waals surface area contributed by atoms with Crippen LogP contribution in [-0.2, 0) is 0 Å². The Hall–Kier alpha value is -1.64. The largest absolute Gasteiger partial charge is 0.330 e. The second kappa shape index (κ2) is 9.00. The summed E-state index contributed by atoms with van der Waals surface area (Å²) in [5, 5.41) is 0. The summed E-state index contributed by atoms with van der Waals surface area (Å²) in [6.45, 7) is 3.23. The number of benzene rings is 2. The summed E-state index contributed by atoms with van der Waals surface area (Å²) in [5.41, 5.74) is 8.44. The van der Waals surface area contributed by atoms with Crippen molar-refractivity contribution in [1.29, 1.82) is 0 Å². The lowest BCUT2D eigenvalue weighted by atomic mass is 9.88. The van der Waals surface area contributed by atoms with Gasteiger partial charge in [0.05, 0.1) is 6.04 Å². The smallest absolute Gasteiger partial charge is 0.0601 e. The van der Waals surface area contributed by atoms with E-state index in [-0.39, 0.29) is 0 Å². The van der Waals surface area contributed by atoms with E-state index in [1.165, 1.54) is 56.3 Å². The molecule has 2 N–H and O–H groups in total. The Morgan fingerprint density at radius 3 is 1.88 bits per heavy atom. The Kier molecular flexibility index (Phi) is 6.45. The van der Waals surface area contributed by atoms with Gasteiger partial charge in [-0.25, -0.2) is 0 Å². The summed E-state index contributed by atoms with van der Waals surface area (Å²) in [6.07, 6.45) is 6.46. The third kappa shape index (κ3) is 4.46. The molecule has 128 valence electrons. The Morgan fingerprint density at radius 2 is 1.38 bits per heavy atom. The first-order valence-electron chi connectivity index (χ1n) is 9.42. The first-order chi connectivity index (χ1) is 11.9. The molecule has 2 nitrogen and oxygen atoms in total. The zero-order chi connectivity index (χ0) is 16.6. The maximum Gasteiger partial charge on any atom is 0.0601 e. The minimum atomic E-state index is 0.386. The summed E-state index contributed by atoms with van der Waals surface area (Å²) in [6, 6.07) is 22.3. The van der Waals surface area contributed by atoms with Crippen LogP contribution in [0.5, 0.6) is 0 Å². The molecular formula is C22H30N2. The zero-order valence-electron chi connectivity index (χ0n) is 14.6. The van der Waals surface area contributed by atoms with Crippen LogP contribution in [0.4, 0.5) is 0 Å². The molecule has 1 aliphatic rings. The van der Waals surface area contributed by atoms with Crippen LogP contribution in [0.2, 0.25) is 0 Å². The molecule has 0 amide bonds. The van der Waals surface area contributed by atoms with Gasteiger partial charge in [0.25, 0.3) is 0 Å². The molecule has 0 radical (unpaired) electrons. The van der Waals surface area contributed by atoms with Crippen LogP contribution >= 0.6 is 0 Å². The number of rotatable bonds is 7. The van der Waals surface area contributed by atoms with Gasteiger partial charge < -0.3 is 5.73 Å². The number of nitrogens with zero attached hydrogens (tertiary/aromatic N) is 1. The van der Waals surface area contributed by atoms with E-state index >= 15 is 0 Å². The van der Waals surface area contributed by atoms with Crippen LogP contribution in [-0.4, -0.2) is 24.5 Å². The number of likely N-dealkylation sites (tertiary alicyclic amines) is 1. The molecule has 3 rings (SSSR count). The molecule has 2 aromatic carbocycles. The summed E-state index contributed by atoms with van der Waals surface area (Å²) >= 11 is 0. The predicted octanol–water partition coefficient (Wildman–Crippen LogP) is 4.62. The molecule has 24 heavy (non-hydrogen) atoms. The fraction of sp³-hybridized carbons (Fsp3) is 0.455. The molecule has 0 aliphatic carbocycles. The fourth-order valence-corrected chi connectivity index (χ4v) is 3.96. The van der Waals surface area contributed by atoms with E-state index in [1.54, 1.807) is 0 Å². The van der Waals surface area contributed by atoms with Gasteiger partial charge in [0.2, 0.25) is 0 Å². The van der Waals surface area contributed by atoms with Crippen LogP contribution in [0.1, 0.15) is 49.3 Å². The van der Waals surface area contributed by atoms with Crippen LogP contribution in [0.15, 0.2) is 60.7 Å². The molecule has 0 atom stereocenters. The van der Waals surface area contributed by atoms with Crippen molar-refractivity contribution in [2.45, 2.75) is 38.1 Å². The maximum absolute atomic E-state index is 5.63. The Bertz CT molecular complexity index is 534. The Labute approximate surface area is 146 Å². The lowest BCUT2D eigenvalue weighted by Crippen LogP contribution is -2.37. The van der Waals surface area contributed by atoms with Gasteiger partial charge in [-0.15, -0.1) is 0 Å². The maximum atomic E-state index is 5.63. The van der Waals surface area contributed by atoms with Gasteiger partial charge in [0.1, 0.15) is 0 Å². The number of hydrogen-bond donors (Lipinski definition) is 1. The van der Waals surface area contributed by atoms with Crippen LogP contribution < -0.4 is 5.73 Å². The van der Waals surface area contributed by atoms with Crippen molar-refractivity contribution in [3.05, 3.63) is 71.8 Å². The van der Waals surface area contributed by atoms with E-state index in [1.807, 2.05) is 0 Å². The number of piperidine rings is 1. The summed E-state index contributed by atoms with van der Waals surface area (Å²) in [7, 11) is 0. The summed E-state index contributed by atoms with van der Waals surface area (Å²) in [5.74, 6) is 0.889. The van der Waals surface area contributed by atoms with Crippen molar-refractivity contribution in [3.8, 4) is 0 Å². The highest BCUT2D eigenvalue weighted by Crippen LogP contribution is 2.33. The molecule has 1 saturated heterocycles. The van der Waals surface area contributed by atoms with E-state index in [0.717, 1.165) is 12.5 Å². The molecular weight excluding hydrogens is 292 g/mol. The fourth-order valence-electron chi connectivity index (χ4n) is 3.96. The van der Waals surface area contributed by atoms with Crippen molar-refractivity contribution < 1.29 is 0 Å². The monoisotopic (exact) mass is 322 g/mol. The Balaban J connectivity index is 1.69. The zero-order valence-corrected chi connectivity index (χ0v) is 14.6. The van der Waals surface area contributed by atoms with Crippen molar-refractivity contribution in [2.75, 3.05) is 19.6 Å².